The third-order valence-electron chi connectivity index (χ3n) is 2.79. The second-order valence-electron chi connectivity index (χ2n) is 4.05. The van der Waals surface area contributed by atoms with Gasteiger partial charge in [-0.2, -0.15) is 0 Å². The normalized spacial score (nSPS) is 12.0. The van der Waals surface area contributed by atoms with Gasteiger partial charge in [0.25, 0.3) is 0 Å². The van der Waals surface area contributed by atoms with Crippen LogP contribution < -0.4 is 10.5 Å². The molecule has 0 aliphatic heterocycles. The quantitative estimate of drug-likeness (QED) is 0.787. The first-order valence-corrected chi connectivity index (χ1v) is 6.20. The Morgan fingerprint density at radius 1 is 1.39 bits per heavy atom. The van der Waals surface area contributed by atoms with Crippen molar-refractivity contribution in [2.75, 3.05) is 13.7 Å². The van der Waals surface area contributed by atoms with E-state index < -0.39 is 6.04 Å². The van der Waals surface area contributed by atoms with E-state index in [4.69, 9.17) is 15.2 Å². The molecule has 0 aliphatic carbocycles. The molecular weight excluding hydrogens is 230 g/mol. The Balaban J connectivity index is 2.88. The Morgan fingerprint density at radius 3 is 2.67 bits per heavy atom. The first kappa shape index (κ1) is 14.5. The maximum absolute atomic E-state index is 11.4. The van der Waals surface area contributed by atoms with Crippen LogP contribution in [0.3, 0.4) is 0 Å². The fraction of sp³-hybridized carbons (Fsp3) is 0.500. The summed E-state index contributed by atoms with van der Waals surface area (Å²) in [6.07, 6.45) is 1.08. The van der Waals surface area contributed by atoms with Crippen molar-refractivity contribution in [2.45, 2.75) is 32.7 Å². The van der Waals surface area contributed by atoms with Gasteiger partial charge < -0.3 is 15.2 Å². The van der Waals surface area contributed by atoms with Crippen molar-refractivity contribution in [2.24, 2.45) is 5.73 Å². The zero-order valence-corrected chi connectivity index (χ0v) is 11.2. The second-order valence-corrected chi connectivity index (χ2v) is 4.05. The summed E-state index contributed by atoms with van der Waals surface area (Å²) in [6, 6.07) is 5.48. The third kappa shape index (κ3) is 3.74. The predicted octanol–water partition coefficient (Wildman–Crippen LogP) is 2.21. The molecule has 18 heavy (non-hydrogen) atoms. The number of carbonyl (C=O) groups excluding carboxylic acids is 1. The Bertz CT molecular complexity index is 404. The lowest BCUT2D eigenvalue weighted by Gasteiger charge is -2.16. The number of aryl methyl sites for hydroxylation is 1. The lowest BCUT2D eigenvalue weighted by atomic mass is 10.00. The van der Waals surface area contributed by atoms with Crippen LogP contribution in [-0.2, 0) is 16.0 Å². The van der Waals surface area contributed by atoms with Gasteiger partial charge in [0.2, 0.25) is 0 Å². The zero-order valence-electron chi connectivity index (χ0n) is 11.2. The van der Waals surface area contributed by atoms with Crippen LogP contribution in [0.25, 0.3) is 0 Å². The predicted molar refractivity (Wildman–Crippen MR) is 70.6 cm³/mol. The van der Waals surface area contributed by atoms with Gasteiger partial charge in [-0.1, -0.05) is 19.1 Å². The van der Waals surface area contributed by atoms with Crippen LogP contribution in [0.4, 0.5) is 0 Å². The number of carbonyl (C=O) groups is 1. The number of benzene rings is 1. The summed E-state index contributed by atoms with van der Waals surface area (Å²) in [5, 5.41) is 0. The van der Waals surface area contributed by atoms with Gasteiger partial charge in [-0.3, -0.25) is 4.79 Å². The van der Waals surface area contributed by atoms with Crippen LogP contribution in [0.15, 0.2) is 18.2 Å². The molecule has 1 unspecified atom stereocenters. The Morgan fingerprint density at radius 2 is 2.11 bits per heavy atom. The Hall–Kier alpha value is -1.55. The number of rotatable bonds is 6. The highest BCUT2D eigenvalue weighted by atomic mass is 16.5. The van der Waals surface area contributed by atoms with Crippen molar-refractivity contribution in [3.8, 4) is 5.75 Å². The molecule has 0 bridgehead atoms. The average molecular weight is 251 g/mol. The van der Waals surface area contributed by atoms with Crippen molar-refractivity contribution in [3.63, 3.8) is 0 Å². The van der Waals surface area contributed by atoms with E-state index in [-0.39, 0.29) is 12.4 Å². The smallest absolute Gasteiger partial charge is 0.307 e. The zero-order chi connectivity index (χ0) is 13.5. The number of nitrogens with two attached hydrogens (primary N) is 1. The molecule has 2 N–H and O–H groups in total. The fourth-order valence-corrected chi connectivity index (χ4v) is 1.80. The summed E-state index contributed by atoms with van der Waals surface area (Å²) in [5.74, 6) is 0.429. The van der Waals surface area contributed by atoms with Crippen molar-refractivity contribution in [1.29, 1.82) is 0 Å². The van der Waals surface area contributed by atoms with Gasteiger partial charge in [0.15, 0.2) is 0 Å². The van der Waals surface area contributed by atoms with E-state index in [0.29, 0.717) is 12.4 Å². The van der Waals surface area contributed by atoms with Crippen LogP contribution in [0.1, 0.15) is 37.4 Å². The maximum atomic E-state index is 11.4. The van der Waals surface area contributed by atoms with E-state index in [0.717, 1.165) is 12.0 Å². The molecule has 1 aromatic rings. The van der Waals surface area contributed by atoms with Crippen molar-refractivity contribution >= 4 is 5.97 Å². The summed E-state index contributed by atoms with van der Waals surface area (Å²) < 4.78 is 10.2. The number of esters is 1. The minimum atomic E-state index is -0.398. The van der Waals surface area contributed by atoms with Crippen LogP contribution >= 0.6 is 0 Å². The lowest BCUT2D eigenvalue weighted by molar-refractivity contribution is -0.143. The van der Waals surface area contributed by atoms with Crippen LogP contribution in [0.5, 0.6) is 5.75 Å². The van der Waals surface area contributed by atoms with Crippen LogP contribution in [0, 0.1) is 0 Å². The fourth-order valence-electron chi connectivity index (χ4n) is 1.80. The van der Waals surface area contributed by atoms with Crippen LogP contribution in [-0.4, -0.2) is 19.7 Å². The monoisotopic (exact) mass is 251 g/mol. The molecule has 0 saturated heterocycles. The number of hydrogen-bond donors (Lipinski definition) is 1. The van der Waals surface area contributed by atoms with Gasteiger partial charge in [-0.25, -0.2) is 0 Å². The number of hydrogen-bond acceptors (Lipinski definition) is 4. The molecule has 0 spiro atoms. The van der Waals surface area contributed by atoms with E-state index in [1.165, 1.54) is 5.56 Å². The molecule has 0 aliphatic rings. The third-order valence-corrected chi connectivity index (χ3v) is 2.79. The molecular formula is C14H21NO3. The summed E-state index contributed by atoms with van der Waals surface area (Å²) >= 11 is 0. The Labute approximate surface area is 108 Å². The number of methoxy groups -OCH3 is 1. The summed E-state index contributed by atoms with van der Waals surface area (Å²) in [5.41, 5.74) is 8.07. The maximum Gasteiger partial charge on any atom is 0.307 e. The van der Waals surface area contributed by atoms with E-state index in [1.54, 1.807) is 14.0 Å². The summed E-state index contributed by atoms with van der Waals surface area (Å²) in [7, 11) is 1.60. The highest BCUT2D eigenvalue weighted by Crippen LogP contribution is 2.27. The van der Waals surface area contributed by atoms with Gasteiger partial charge in [-0.05, 0) is 25.0 Å². The topological polar surface area (TPSA) is 61.5 Å². The average Bonchev–Trinajstić information content (AvgIpc) is 2.38. The largest absolute Gasteiger partial charge is 0.496 e. The molecule has 100 valence electrons. The summed E-state index contributed by atoms with van der Waals surface area (Å²) in [4.78, 5) is 11.4. The molecule has 0 aromatic heterocycles. The standard InChI is InChI=1S/C14H21NO3/c1-4-10-6-7-13(17-3)11(8-10)12(15)9-14(16)18-5-2/h6-8,12H,4-5,9,15H2,1-3H3. The molecule has 1 aromatic carbocycles. The molecule has 4 heteroatoms. The van der Waals surface area contributed by atoms with E-state index in [2.05, 4.69) is 6.92 Å². The van der Waals surface area contributed by atoms with Gasteiger partial charge >= 0.3 is 5.97 Å². The van der Waals surface area contributed by atoms with Gasteiger partial charge in [0, 0.05) is 11.6 Å². The first-order valence-electron chi connectivity index (χ1n) is 6.20. The molecule has 0 heterocycles. The highest BCUT2D eigenvalue weighted by molar-refractivity contribution is 5.70. The molecule has 1 rings (SSSR count). The second kappa shape index (κ2) is 7.01. The highest BCUT2D eigenvalue weighted by Gasteiger charge is 2.16. The molecule has 0 fully saturated rings. The molecule has 1 atom stereocenters. The van der Waals surface area contributed by atoms with Crippen molar-refractivity contribution in [1.82, 2.24) is 0 Å². The van der Waals surface area contributed by atoms with Gasteiger partial charge in [0.1, 0.15) is 5.75 Å². The SMILES string of the molecule is CCOC(=O)CC(N)c1cc(CC)ccc1OC. The molecule has 0 saturated carbocycles. The minimum absolute atomic E-state index is 0.164. The first-order chi connectivity index (χ1) is 8.62. The molecule has 4 nitrogen and oxygen atoms in total. The van der Waals surface area contributed by atoms with Crippen LogP contribution in [0.2, 0.25) is 0 Å². The van der Waals surface area contributed by atoms with Gasteiger partial charge in [-0.15, -0.1) is 0 Å². The van der Waals surface area contributed by atoms with Crippen molar-refractivity contribution in [3.05, 3.63) is 29.3 Å². The Kier molecular flexibility index (Phi) is 5.65. The van der Waals surface area contributed by atoms with Crippen molar-refractivity contribution < 1.29 is 14.3 Å². The summed E-state index contributed by atoms with van der Waals surface area (Å²) in [6.45, 7) is 4.22. The van der Waals surface area contributed by atoms with Gasteiger partial charge in [0.05, 0.1) is 20.1 Å². The number of ether oxygens (including phenoxy) is 2. The van der Waals surface area contributed by atoms with E-state index >= 15 is 0 Å². The lowest BCUT2D eigenvalue weighted by Crippen LogP contribution is -2.18. The molecule has 0 radical (unpaired) electrons. The molecule has 0 amide bonds. The minimum Gasteiger partial charge on any atom is -0.496 e. The van der Waals surface area contributed by atoms with E-state index in [1.807, 2.05) is 18.2 Å². The van der Waals surface area contributed by atoms with E-state index in [9.17, 15) is 4.79 Å².